The number of nitrogens with zero attached hydrogens (tertiary/aromatic N) is 3. The summed E-state index contributed by atoms with van der Waals surface area (Å²) >= 11 is 1.29. The Bertz CT molecular complexity index is 1450. The molecule has 2 atom stereocenters. The van der Waals surface area contributed by atoms with E-state index >= 15 is 0 Å². The summed E-state index contributed by atoms with van der Waals surface area (Å²) in [5.41, 5.74) is 0.0155. The molecular weight excluding hydrogens is 617 g/mol. The molecular formula is C32H46N4O7S2. The van der Waals surface area contributed by atoms with E-state index in [2.05, 4.69) is 5.32 Å². The predicted octanol–water partition coefficient (Wildman–Crippen LogP) is 3.90. The van der Waals surface area contributed by atoms with Gasteiger partial charge in [0.15, 0.2) is 0 Å². The van der Waals surface area contributed by atoms with Crippen LogP contribution in [0.25, 0.3) is 0 Å². The Morgan fingerprint density at radius 2 is 1.60 bits per heavy atom. The fraction of sp³-hybridized carbons (Fsp3) is 0.531. The summed E-state index contributed by atoms with van der Waals surface area (Å²) in [6, 6.07) is 11.0. The molecule has 0 radical (unpaired) electrons. The Morgan fingerprint density at radius 1 is 1.00 bits per heavy atom. The molecule has 2 aromatic rings. The Balaban J connectivity index is 2.00. The summed E-state index contributed by atoms with van der Waals surface area (Å²) < 4.78 is 40.3. The number of benzene rings is 2. The van der Waals surface area contributed by atoms with Crippen LogP contribution in [0.15, 0.2) is 53.4 Å². The number of esters is 1. The van der Waals surface area contributed by atoms with Crippen LogP contribution in [0, 0.1) is 6.92 Å². The highest BCUT2D eigenvalue weighted by Gasteiger charge is 2.47. The van der Waals surface area contributed by atoms with Gasteiger partial charge in [-0.25, -0.2) is 22.3 Å². The Morgan fingerprint density at radius 3 is 2.11 bits per heavy atom. The Hall–Kier alpha value is -3.13. The number of nitrogens with one attached hydrogen (secondary N) is 1. The van der Waals surface area contributed by atoms with Crippen LogP contribution in [0.2, 0.25) is 0 Å². The Labute approximate surface area is 271 Å². The molecule has 2 aromatic carbocycles. The first-order valence-corrected chi connectivity index (χ1v) is 17.2. The van der Waals surface area contributed by atoms with Gasteiger partial charge in [-0.15, -0.1) is 11.8 Å². The van der Waals surface area contributed by atoms with E-state index in [-0.39, 0.29) is 17.1 Å². The number of aryl methyl sites for hydroxylation is 1. The van der Waals surface area contributed by atoms with Gasteiger partial charge in [-0.05, 0) is 85.5 Å². The van der Waals surface area contributed by atoms with Crippen LogP contribution in [-0.4, -0.2) is 103 Å². The summed E-state index contributed by atoms with van der Waals surface area (Å²) in [6.07, 6.45) is -0.689. The van der Waals surface area contributed by atoms with Crippen molar-refractivity contribution in [2.24, 2.45) is 0 Å². The molecule has 0 aliphatic carbocycles. The lowest BCUT2D eigenvalue weighted by molar-refractivity contribution is -0.161. The highest BCUT2D eigenvalue weighted by Crippen LogP contribution is 2.32. The van der Waals surface area contributed by atoms with E-state index in [0.717, 1.165) is 5.56 Å². The standard InChI is InChI=1S/C32H46N4O7S2/c1-22-10-16-25(17-11-22)45(40,41)36(28(37)27-33-32(5,6)21-44-27)26(29(38)43-31(2,3)4)20-23-12-14-24(15-13-23)42-30(39)35(9)19-18-34(7)8/h10-17,26-27,33H,18-21H2,1-9H3/t26-,27-/m0/s1. The normalized spacial score (nSPS) is 17.1. The average molecular weight is 663 g/mol. The molecule has 1 aliphatic heterocycles. The molecule has 2 amide bonds. The fourth-order valence-electron chi connectivity index (χ4n) is 4.41. The number of ether oxygens (including phenoxy) is 2. The summed E-state index contributed by atoms with van der Waals surface area (Å²) in [5, 5.41) is 2.31. The molecule has 13 heteroatoms. The van der Waals surface area contributed by atoms with Crippen molar-refractivity contribution in [1.29, 1.82) is 0 Å². The molecule has 11 nitrogen and oxygen atoms in total. The molecule has 248 valence electrons. The first kappa shape index (κ1) is 36.3. The average Bonchev–Trinajstić information content (AvgIpc) is 3.30. The van der Waals surface area contributed by atoms with Crippen molar-refractivity contribution in [3.8, 4) is 5.75 Å². The SMILES string of the molecule is Cc1ccc(S(=O)(=O)N(C(=O)[C@H]2NC(C)(C)CS2)[C@@H](Cc2ccc(OC(=O)N(C)CCN(C)C)cc2)C(=O)OC(C)(C)C)cc1. The van der Waals surface area contributed by atoms with Gasteiger partial charge >= 0.3 is 12.1 Å². The zero-order chi connectivity index (χ0) is 33.7. The van der Waals surface area contributed by atoms with Crippen molar-refractivity contribution in [3.63, 3.8) is 0 Å². The van der Waals surface area contributed by atoms with Crippen LogP contribution in [-0.2, 0) is 30.8 Å². The van der Waals surface area contributed by atoms with Crippen molar-refractivity contribution in [3.05, 3.63) is 59.7 Å². The zero-order valence-electron chi connectivity index (χ0n) is 27.6. The van der Waals surface area contributed by atoms with Gasteiger partial charge in [0.2, 0.25) is 0 Å². The molecule has 3 rings (SSSR count). The molecule has 0 bridgehead atoms. The number of likely N-dealkylation sites (N-methyl/N-ethyl adjacent to an activating group) is 2. The van der Waals surface area contributed by atoms with E-state index in [1.54, 1.807) is 64.2 Å². The predicted molar refractivity (Wildman–Crippen MR) is 176 cm³/mol. The molecule has 0 spiro atoms. The van der Waals surface area contributed by atoms with Crippen molar-refractivity contribution in [1.82, 2.24) is 19.4 Å². The smallest absolute Gasteiger partial charge is 0.415 e. The van der Waals surface area contributed by atoms with Crippen LogP contribution in [0.5, 0.6) is 5.75 Å². The van der Waals surface area contributed by atoms with Crippen LogP contribution >= 0.6 is 11.8 Å². The maximum Gasteiger partial charge on any atom is 0.415 e. The highest BCUT2D eigenvalue weighted by molar-refractivity contribution is 8.01. The van der Waals surface area contributed by atoms with Gasteiger partial charge < -0.3 is 19.3 Å². The van der Waals surface area contributed by atoms with E-state index in [1.807, 2.05) is 39.8 Å². The Kier molecular flexibility index (Phi) is 11.7. The third kappa shape index (κ3) is 10.2. The maximum absolute atomic E-state index is 14.2. The van der Waals surface area contributed by atoms with E-state index in [1.165, 1.54) is 28.8 Å². The van der Waals surface area contributed by atoms with Gasteiger partial charge in [0, 0.05) is 37.8 Å². The lowest BCUT2D eigenvalue weighted by Gasteiger charge is -2.33. The molecule has 1 aliphatic rings. The van der Waals surface area contributed by atoms with Crippen molar-refractivity contribution >= 4 is 39.8 Å². The third-order valence-corrected chi connectivity index (χ3v) is 10.2. The number of thioether (sulfide) groups is 1. The van der Waals surface area contributed by atoms with Gasteiger partial charge in [0.25, 0.3) is 15.9 Å². The van der Waals surface area contributed by atoms with Crippen LogP contribution < -0.4 is 10.1 Å². The van der Waals surface area contributed by atoms with Crippen LogP contribution in [0.4, 0.5) is 4.79 Å². The van der Waals surface area contributed by atoms with Crippen LogP contribution in [0.3, 0.4) is 0 Å². The molecule has 0 saturated carbocycles. The summed E-state index contributed by atoms with van der Waals surface area (Å²) in [7, 11) is 0.957. The highest BCUT2D eigenvalue weighted by atomic mass is 32.2. The number of sulfonamides is 1. The second-order valence-corrected chi connectivity index (χ2v) is 16.1. The van der Waals surface area contributed by atoms with Crippen molar-refractivity contribution < 1.29 is 32.3 Å². The van der Waals surface area contributed by atoms with E-state index < -0.39 is 50.5 Å². The molecule has 0 unspecified atom stereocenters. The first-order valence-electron chi connectivity index (χ1n) is 14.7. The second-order valence-electron chi connectivity index (χ2n) is 13.2. The fourth-order valence-corrected chi connectivity index (χ4v) is 7.35. The van der Waals surface area contributed by atoms with Crippen molar-refractivity contribution in [2.75, 3.05) is 40.0 Å². The van der Waals surface area contributed by atoms with Crippen LogP contribution in [0.1, 0.15) is 45.7 Å². The number of hydrogen-bond donors (Lipinski definition) is 1. The van der Waals surface area contributed by atoms with E-state index in [9.17, 15) is 22.8 Å². The van der Waals surface area contributed by atoms with Gasteiger partial charge in [0.05, 0.1) is 4.90 Å². The number of carbonyl (C=O) groups excluding carboxylic acids is 3. The largest absolute Gasteiger partial charge is 0.458 e. The summed E-state index contributed by atoms with van der Waals surface area (Å²) in [6.45, 7) is 11.9. The number of carbonyl (C=O) groups is 3. The van der Waals surface area contributed by atoms with Crippen molar-refractivity contribution in [2.45, 2.75) is 75.4 Å². The molecule has 1 heterocycles. The quantitative estimate of drug-likeness (QED) is 0.354. The number of hydrogen-bond acceptors (Lipinski definition) is 10. The second kappa shape index (κ2) is 14.5. The topological polar surface area (TPSA) is 126 Å². The maximum atomic E-state index is 14.2. The lowest BCUT2D eigenvalue weighted by atomic mass is 10.0. The molecule has 0 aromatic heterocycles. The molecule has 1 fully saturated rings. The van der Waals surface area contributed by atoms with E-state index in [0.29, 0.717) is 28.7 Å². The summed E-state index contributed by atoms with van der Waals surface area (Å²) in [4.78, 5) is 43.8. The molecule has 45 heavy (non-hydrogen) atoms. The van der Waals surface area contributed by atoms with E-state index in [4.69, 9.17) is 9.47 Å². The minimum absolute atomic E-state index is 0.113. The monoisotopic (exact) mass is 662 g/mol. The zero-order valence-corrected chi connectivity index (χ0v) is 29.3. The van der Waals surface area contributed by atoms with Gasteiger partial charge in [-0.2, -0.15) is 0 Å². The third-order valence-electron chi connectivity index (χ3n) is 6.87. The minimum atomic E-state index is -4.51. The van der Waals surface area contributed by atoms with Gasteiger partial charge in [-0.3, -0.25) is 10.1 Å². The van der Waals surface area contributed by atoms with Gasteiger partial charge in [0.1, 0.15) is 22.8 Å². The van der Waals surface area contributed by atoms with Gasteiger partial charge in [-0.1, -0.05) is 29.8 Å². The molecule has 1 saturated heterocycles. The molecule has 1 N–H and O–H groups in total. The first-order chi connectivity index (χ1) is 20.8. The number of rotatable bonds is 11. The lowest BCUT2D eigenvalue weighted by Crippen LogP contribution is -2.56. The minimum Gasteiger partial charge on any atom is -0.458 e. The number of amides is 2. The summed E-state index contributed by atoms with van der Waals surface area (Å²) in [5.74, 6) is -0.757.